The molecule has 0 radical (unpaired) electrons. The summed E-state index contributed by atoms with van der Waals surface area (Å²) in [5.74, 6) is -2.10. The molecule has 1 aromatic carbocycles. The minimum atomic E-state index is -1.32. The van der Waals surface area contributed by atoms with Gasteiger partial charge in [0.25, 0.3) is 11.3 Å². The van der Waals surface area contributed by atoms with Gasteiger partial charge in [0, 0.05) is 37.1 Å². The van der Waals surface area contributed by atoms with Crippen LogP contribution in [0.4, 0.5) is 5.69 Å². The smallest absolute Gasteiger partial charge is 0.350 e. The van der Waals surface area contributed by atoms with E-state index in [0.717, 1.165) is 12.2 Å². The summed E-state index contributed by atoms with van der Waals surface area (Å²) >= 11 is 1.41. The van der Waals surface area contributed by atoms with Crippen LogP contribution in [-0.2, 0) is 19.1 Å². The van der Waals surface area contributed by atoms with Gasteiger partial charge in [0.05, 0.1) is 0 Å². The molecule has 2 aromatic rings. The number of carbonyl (C=O) groups is 2. The number of cyclic esters (lactones) is 2. The fraction of sp³-hybridized carbons (Fsp3) is 0.316. The van der Waals surface area contributed by atoms with Gasteiger partial charge < -0.3 is 14.8 Å². The van der Waals surface area contributed by atoms with Crippen molar-refractivity contribution in [2.24, 2.45) is 0 Å². The van der Waals surface area contributed by atoms with Crippen LogP contribution in [0.5, 0.6) is 0 Å². The number of thioether (sulfide) groups is 1. The van der Waals surface area contributed by atoms with E-state index >= 15 is 0 Å². The number of aromatic amines is 1. The molecule has 0 saturated carbocycles. The fourth-order valence-corrected chi connectivity index (χ4v) is 3.17. The first-order chi connectivity index (χ1) is 13.8. The maximum atomic E-state index is 12.5. The zero-order valence-corrected chi connectivity index (χ0v) is 17.0. The summed E-state index contributed by atoms with van der Waals surface area (Å²) in [6.45, 7) is 4.97. The number of nitrogens with one attached hydrogen (secondary N) is 2. The standard InChI is InChI=1S/C19H20N4O5S/c1-4-9-29-18-21-15(24)14(22-23-18)11-7-5-6-8-13(11)20-10-12-16(25)27-19(2,3)28-17(12)26/h5-8,10,20H,4,9H2,1-3H3,(H,21,23,24). The molecule has 0 aliphatic carbocycles. The Morgan fingerprint density at radius 3 is 2.48 bits per heavy atom. The molecule has 10 heteroatoms. The second-order valence-electron chi connectivity index (χ2n) is 6.58. The Morgan fingerprint density at radius 1 is 1.14 bits per heavy atom. The van der Waals surface area contributed by atoms with Crippen molar-refractivity contribution in [3.8, 4) is 11.3 Å². The lowest BCUT2D eigenvalue weighted by Crippen LogP contribution is -2.42. The Balaban J connectivity index is 1.88. The number of carbonyl (C=O) groups excluding carboxylic acids is 2. The average molecular weight is 416 g/mol. The van der Waals surface area contributed by atoms with Crippen LogP contribution in [-0.4, -0.2) is 38.7 Å². The summed E-state index contributed by atoms with van der Waals surface area (Å²) in [6, 6.07) is 6.83. The molecule has 2 N–H and O–H groups in total. The molecule has 1 aliphatic rings. The summed E-state index contributed by atoms with van der Waals surface area (Å²) in [5.41, 5.74) is 0.355. The van der Waals surface area contributed by atoms with E-state index in [1.165, 1.54) is 31.8 Å². The number of ether oxygens (including phenoxy) is 2. The largest absolute Gasteiger partial charge is 0.419 e. The molecule has 1 aromatic heterocycles. The molecular formula is C19H20N4O5S. The van der Waals surface area contributed by atoms with Gasteiger partial charge in [-0.3, -0.25) is 9.78 Å². The number of nitrogens with zero attached hydrogens (tertiary/aromatic N) is 2. The predicted octanol–water partition coefficient (Wildman–Crippen LogP) is 2.47. The van der Waals surface area contributed by atoms with E-state index in [4.69, 9.17) is 9.47 Å². The monoisotopic (exact) mass is 416 g/mol. The highest BCUT2D eigenvalue weighted by molar-refractivity contribution is 7.99. The third-order valence-electron chi connectivity index (χ3n) is 3.79. The summed E-state index contributed by atoms with van der Waals surface area (Å²) in [7, 11) is 0. The highest BCUT2D eigenvalue weighted by atomic mass is 32.2. The quantitative estimate of drug-likeness (QED) is 0.316. The van der Waals surface area contributed by atoms with Gasteiger partial charge in [0.15, 0.2) is 16.4 Å². The van der Waals surface area contributed by atoms with Crippen LogP contribution in [0.25, 0.3) is 11.3 Å². The molecule has 0 atom stereocenters. The molecule has 29 heavy (non-hydrogen) atoms. The molecule has 152 valence electrons. The lowest BCUT2D eigenvalue weighted by molar-refractivity contribution is -0.222. The van der Waals surface area contributed by atoms with E-state index in [1.54, 1.807) is 24.3 Å². The molecule has 2 heterocycles. The lowest BCUT2D eigenvalue weighted by atomic mass is 10.1. The Bertz CT molecular complexity index is 1010. The minimum absolute atomic E-state index is 0.113. The zero-order valence-electron chi connectivity index (χ0n) is 16.1. The van der Waals surface area contributed by atoms with E-state index in [2.05, 4.69) is 20.5 Å². The van der Waals surface area contributed by atoms with Crippen molar-refractivity contribution >= 4 is 29.4 Å². The molecule has 0 amide bonds. The SMILES string of the molecule is CCCSc1nnc(-c2ccccc2NC=C2C(=O)OC(C)(C)OC2=O)c(=O)[nH]1. The van der Waals surface area contributed by atoms with Crippen LogP contribution in [0.3, 0.4) is 0 Å². The van der Waals surface area contributed by atoms with Gasteiger partial charge in [-0.1, -0.05) is 36.9 Å². The van der Waals surface area contributed by atoms with Gasteiger partial charge in [-0.15, -0.1) is 10.2 Å². The first kappa shape index (κ1) is 20.6. The average Bonchev–Trinajstić information content (AvgIpc) is 2.65. The fourth-order valence-electron chi connectivity index (χ4n) is 2.51. The summed E-state index contributed by atoms with van der Waals surface area (Å²) < 4.78 is 10.1. The van der Waals surface area contributed by atoms with Gasteiger partial charge in [-0.2, -0.15) is 0 Å². The first-order valence-corrected chi connectivity index (χ1v) is 9.92. The van der Waals surface area contributed by atoms with Crippen LogP contribution in [0.15, 0.2) is 46.0 Å². The number of hydrogen-bond donors (Lipinski definition) is 2. The highest BCUT2D eigenvalue weighted by Crippen LogP contribution is 2.26. The number of benzene rings is 1. The van der Waals surface area contributed by atoms with Crippen LogP contribution < -0.4 is 10.9 Å². The van der Waals surface area contributed by atoms with Crippen LogP contribution >= 0.6 is 11.8 Å². The third-order valence-corrected chi connectivity index (χ3v) is 4.86. The Morgan fingerprint density at radius 2 is 1.83 bits per heavy atom. The van der Waals surface area contributed by atoms with Gasteiger partial charge >= 0.3 is 11.9 Å². The van der Waals surface area contributed by atoms with Crippen molar-refractivity contribution in [2.75, 3.05) is 11.1 Å². The van der Waals surface area contributed by atoms with Crippen LogP contribution in [0.2, 0.25) is 0 Å². The number of para-hydroxylation sites is 1. The minimum Gasteiger partial charge on any atom is -0.419 e. The molecule has 1 saturated heterocycles. The Kier molecular flexibility index (Phi) is 6.02. The number of esters is 2. The summed E-state index contributed by atoms with van der Waals surface area (Å²) in [4.78, 5) is 39.3. The lowest BCUT2D eigenvalue weighted by Gasteiger charge is -2.29. The van der Waals surface area contributed by atoms with Gasteiger partial charge in [-0.05, 0) is 12.5 Å². The normalized spacial score (nSPS) is 15.5. The second-order valence-corrected chi connectivity index (χ2v) is 7.67. The predicted molar refractivity (Wildman–Crippen MR) is 107 cm³/mol. The van der Waals surface area contributed by atoms with Gasteiger partial charge in [0.2, 0.25) is 0 Å². The van der Waals surface area contributed by atoms with E-state index in [0.29, 0.717) is 16.4 Å². The van der Waals surface area contributed by atoms with Crippen molar-refractivity contribution in [3.05, 3.63) is 46.4 Å². The molecule has 9 nitrogen and oxygen atoms in total. The molecule has 3 rings (SSSR count). The van der Waals surface area contributed by atoms with Crippen molar-refractivity contribution < 1.29 is 19.1 Å². The summed E-state index contributed by atoms with van der Waals surface area (Å²) in [6.07, 6.45) is 2.13. The maximum Gasteiger partial charge on any atom is 0.350 e. The van der Waals surface area contributed by atoms with Gasteiger partial charge in [0.1, 0.15) is 0 Å². The van der Waals surface area contributed by atoms with Crippen LogP contribution in [0, 0.1) is 0 Å². The molecule has 1 aliphatic heterocycles. The van der Waals surface area contributed by atoms with Crippen molar-refractivity contribution in [3.63, 3.8) is 0 Å². The number of aromatic nitrogens is 3. The third kappa shape index (κ3) is 4.83. The molecular weight excluding hydrogens is 396 g/mol. The van der Waals surface area contributed by atoms with Crippen molar-refractivity contribution in [1.29, 1.82) is 0 Å². The molecule has 0 bridgehead atoms. The zero-order chi connectivity index (χ0) is 21.0. The van der Waals surface area contributed by atoms with E-state index in [9.17, 15) is 14.4 Å². The van der Waals surface area contributed by atoms with Crippen molar-refractivity contribution in [1.82, 2.24) is 15.2 Å². The van der Waals surface area contributed by atoms with E-state index in [1.807, 2.05) is 6.92 Å². The maximum absolute atomic E-state index is 12.5. The Hall–Kier alpha value is -3.14. The molecule has 0 spiro atoms. The Labute approximate surface area is 170 Å². The van der Waals surface area contributed by atoms with Crippen LogP contribution in [0.1, 0.15) is 27.2 Å². The number of hydrogen-bond acceptors (Lipinski definition) is 9. The highest BCUT2D eigenvalue weighted by Gasteiger charge is 2.39. The number of rotatable bonds is 6. The molecule has 1 fully saturated rings. The number of H-pyrrole nitrogens is 1. The number of anilines is 1. The van der Waals surface area contributed by atoms with E-state index < -0.39 is 23.3 Å². The van der Waals surface area contributed by atoms with E-state index in [-0.39, 0.29) is 11.3 Å². The van der Waals surface area contributed by atoms with Crippen molar-refractivity contribution in [2.45, 2.75) is 38.1 Å². The molecule has 0 unspecified atom stereocenters. The second kappa shape index (κ2) is 8.48. The first-order valence-electron chi connectivity index (χ1n) is 8.93. The summed E-state index contributed by atoms with van der Waals surface area (Å²) in [5, 5.41) is 11.4. The van der Waals surface area contributed by atoms with Gasteiger partial charge in [-0.25, -0.2) is 9.59 Å². The topological polar surface area (TPSA) is 123 Å².